The van der Waals surface area contributed by atoms with Gasteiger partial charge < -0.3 is 9.64 Å². The number of hydrogen-bond donors (Lipinski definition) is 0. The maximum absolute atomic E-state index is 13.4. The number of nitriles is 1. The largest absolute Gasteiger partial charge is 0.376 e. The number of ether oxygens (including phenoxy) is 1. The first-order valence-electron chi connectivity index (χ1n) is 10.2. The molecule has 1 aliphatic heterocycles. The second-order valence-corrected chi connectivity index (χ2v) is 7.88. The summed E-state index contributed by atoms with van der Waals surface area (Å²) in [6.45, 7) is 2.29. The molecule has 28 heavy (non-hydrogen) atoms. The highest BCUT2D eigenvalue weighted by molar-refractivity contribution is 5.95. The van der Waals surface area contributed by atoms with E-state index in [0.29, 0.717) is 23.6 Å². The van der Waals surface area contributed by atoms with E-state index in [4.69, 9.17) is 4.74 Å². The van der Waals surface area contributed by atoms with Gasteiger partial charge in [0.15, 0.2) is 0 Å². The first kappa shape index (κ1) is 18.7. The Morgan fingerprint density at radius 3 is 2.64 bits per heavy atom. The van der Waals surface area contributed by atoms with E-state index in [2.05, 4.69) is 6.07 Å². The summed E-state index contributed by atoms with van der Waals surface area (Å²) >= 11 is 0. The van der Waals surface area contributed by atoms with E-state index in [1.165, 1.54) is 19.3 Å². The van der Waals surface area contributed by atoms with Gasteiger partial charge in [-0.1, -0.05) is 36.8 Å². The third-order valence-corrected chi connectivity index (χ3v) is 5.91. The molecule has 1 unspecified atom stereocenters. The zero-order valence-corrected chi connectivity index (χ0v) is 16.1. The maximum atomic E-state index is 13.4. The van der Waals surface area contributed by atoms with E-state index in [9.17, 15) is 10.1 Å². The number of carbonyl (C=O) groups excluding carboxylic acids is 1. The molecule has 1 amide bonds. The molecule has 2 aromatic rings. The van der Waals surface area contributed by atoms with Crippen LogP contribution in [0.1, 0.15) is 48.0 Å². The van der Waals surface area contributed by atoms with E-state index in [1.54, 1.807) is 0 Å². The molecule has 0 aromatic heterocycles. The van der Waals surface area contributed by atoms with Gasteiger partial charge in [0.25, 0.3) is 5.91 Å². The molecule has 1 saturated heterocycles. The molecular formula is C24H26N2O2. The quantitative estimate of drug-likeness (QED) is 0.740. The SMILES string of the molecule is N#Cc1ccccc1-c1cccc(C(=O)N(CC2CCC2)CC2CCCO2)c1. The molecule has 144 valence electrons. The minimum Gasteiger partial charge on any atom is -0.376 e. The molecule has 4 rings (SSSR count). The predicted molar refractivity (Wildman–Crippen MR) is 109 cm³/mol. The second-order valence-electron chi connectivity index (χ2n) is 7.88. The second kappa shape index (κ2) is 8.58. The van der Waals surface area contributed by atoms with Crippen molar-refractivity contribution in [3.05, 3.63) is 59.7 Å². The van der Waals surface area contributed by atoms with Crippen molar-refractivity contribution in [2.24, 2.45) is 5.92 Å². The Morgan fingerprint density at radius 1 is 1.07 bits per heavy atom. The minimum absolute atomic E-state index is 0.0682. The van der Waals surface area contributed by atoms with Crippen LogP contribution < -0.4 is 0 Å². The third kappa shape index (κ3) is 4.10. The molecule has 2 fully saturated rings. The lowest BCUT2D eigenvalue weighted by molar-refractivity contribution is 0.0448. The number of nitrogens with zero attached hydrogens (tertiary/aromatic N) is 2. The zero-order chi connectivity index (χ0) is 19.3. The standard InChI is InChI=1S/C24H26N2O2/c25-15-21-8-1-2-12-23(21)19-9-4-10-20(14-19)24(27)26(16-18-6-3-7-18)17-22-11-5-13-28-22/h1-2,4,8-10,12,14,18,22H,3,5-7,11,13,16-17H2. The van der Waals surface area contributed by atoms with Crippen LogP contribution in [0.5, 0.6) is 0 Å². The van der Waals surface area contributed by atoms with Crippen LogP contribution in [0.25, 0.3) is 11.1 Å². The molecular weight excluding hydrogens is 348 g/mol. The van der Waals surface area contributed by atoms with Crippen LogP contribution >= 0.6 is 0 Å². The van der Waals surface area contributed by atoms with Crippen LogP contribution in [0.2, 0.25) is 0 Å². The summed E-state index contributed by atoms with van der Waals surface area (Å²) < 4.78 is 5.80. The van der Waals surface area contributed by atoms with E-state index < -0.39 is 0 Å². The van der Waals surface area contributed by atoms with Crippen LogP contribution in [-0.2, 0) is 4.74 Å². The summed E-state index contributed by atoms with van der Waals surface area (Å²) in [5.74, 6) is 0.687. The van der Waals surface area contributed by atoms with Crippen LogP contribution in [0.15, 0.2) is 48.5 Å². The normalized spacial score (nSPS) is 19.0. The fourth-order valence-electron chi connectivity index (χ4n) is 4.10. The van der Waals surface area contributed by atoms with Crippen molar-refractivity contribution in [1.29, 1.82) is 5.26 Å². The lowest BCUT2D eigenvalue weighted by Gasteiger charge is -2.33. The van der Waals surface area contributed by atoms with Crippen LogP contribution in [0, 0.1) is 17.2 Å². The molecule has 4 nitrogen and oxygen atoms in total. The highest BCUT2D eigenvalue weighted by Gasteiger charge is 2.28. The summed E-state index contributed by atoms with van der Waals surface area (Å²) in [6.07, 6.45) is 5.97. The Kier molecular flexibility index (Phi) is 5.73. The number of benzene rings is 2. The average Bonchev–Trinajstić information content (AvgIpc) is 3.22. The van der Waals surface area contributed by atoms with Crippen molar-refractivity contribution in [2.75, 3.05) is 19.7 Å². The lowest BCUT2D eigenvalue weighted by atomic mass is 9.85. The van der Waals surface area contributed by atoms with E-state index >= 15 is 0 Å². The number of carbonyl (C=O) groups is 1. The van der Waals surface area contributed by atoms with Gasteiger partial charge in [0, 0.05) is 25.3 Å². The first-order valence-corrected chi connectivity index (χ1v) is 10.2. The van der Waals surface area contributed by atoms with Gasteiger partial charge in [-0.25, -0.2) is 0 Å². The number of rotatable bonds is 6. The van der Waals surface area contributed by atoms with E-state index in [1.807, 2.05) is 53.4 Å². The van der Waals surface area contributed by atoms with Crippen molar-refractivity contribution < 1.29 is 9.53 Å². The third-order valence-electron chi connectivity index (χ3n) is 5.91. The van der Waals surface area contributed by atoms with Gasteiger partial charge in [-0.2, -0.15) is 5.26 Å². The Hall–Kier alpha value is -2.64. The summed E-state index contributed by atoms with van der Waals surface area (Å²) in [6, 6.07) is 17.4. The zero-order valence-electron chi connectivity index (χ0n) is 16.1. The Morgan fingerprint density at radius 2 is 1.93 bits per heavy atom. The summed E-state index contributed by atoms with van der Waals surface area (Å²) in [5, 5.41) is 9.40. The fraction of sp³-hybridized carbons (Fsp3) is 0.417. The molecule has 2 aliphatic rings. The van der Waals surface area contributed by atoms with E-state index in [-0.39, 0.29) is 12.0 Å². The predicted octanol–water partition coefficient (Wildman–Crippen LogP) is 4.65. The van der Waals surface area contributed by atoms with Gasteiger partial charge in [-0.3, -0.25) is 4.79 Å². The summed E-state index contributed by atoms with van der Waals surface area (Å²) in [7, 11) is 0. The Balaban J connectivity index is 1.58. The van der Waals surface area contributed by atoms with Crippen molar-refractivity contribution in [2.45, 2.75) is 38.2 Å². The molecule has 0 radical (unpaired) electrons. The Labute approximate surface area is 166 Å². The fourth-order valence-corrected chi connectivity index (χ4v) is 4.10. The molecule has 1 atom stereocenters. The molecule has 4 heteroatoms. The molecule has 0 bridgehead atoms. The molecule has 1 heterocycles. The lowest BCUT2D eigenvalue weighted by Crippen LogP contribution is -2.41. The number of hydrogen-bond acceptors (Lipinski definition) is 3. The smallest absolute Gasteiger partial charge is 0.253 e. The van der Waals surface area contributed by atoms with Gasteiger partial charge in [0.1, 0.15) is 0 Å². The van der Waals surface area contributed by atoms with Gasteiger partial charge in [-0.05, 0) is 60.9 Å². The van der Waals surface area contributed by atoms with Gasteiger partial charge in [-0.15, -0.1) is 0 Å². The summed E-state index contributed by atoms with van der Waals surface area (Å²) in [5.41, 5.74) is 3.08. The van der Waals surface area contributed by atoms with Gasteiger partial charge in [0.05, 0.1) is 17.7 Å². The Bertz CT molecular complexity index is 876. The van der Waals surface area contributed by atoms with Crippen molar-refractivity contribution in [3.8, 4) is 17.2 Å². The summed E-state index contributed by atoms with van der Waals surface area (Å²) in [4.78, 5) is 15.3. The molecule has 0 spiro atoms. The molecule has 2 aromatic carbocycles. The molecule has 1 aliphatic carbocycles. The highest BCUT2D eigenvalue weighted by atomic mass is 16.5. The molecule has 1 saturated carbocycles. The average molecular weight is 374 g/mol. The highest BCUT2D eigenvalue weighted by Crippen LogP contribution is 2.29. The first-order chi connectivity index (χ1) is 13.7. The van der Waals surface area contributed by atoms with Crippen LogP contribution in [-0.4, -0.2) is 36.6 Å². The van der Waals surface area contributed by atoms with Crippen LogP contribution in [0.3, 0.4) is 0 Å². The van der Waals surface area contributed by atoms with Gasteiger partial charge >= 0.3 is 0 Å². The van der Waals surface area contributed by atoms with Crippen molar-refractivity contribution in [3.63, 3.8) is 0 Å². The number of amides is 1. The van der Waals surface area contributed by atoms with Crippen molar-refractivity contribution >= 4 is 5.91 Å². The molecule has 0 N–H and O–H groups in total. The maximum Gasteiger partial charge on any atom is 0.253 e. The van der Waals surface area contributed by atoms with Crippen LogP contribution in [0.4, 0.5) is 0 Å². The monoisotopic (exact) mass is 374 g/mol. The van der Waals surface area contributed by atoms with E-state index in [0.717, 1.165) is 37.1 Å². The van der Waals surface area contributed by atoms with Gasteiger partial charge in [0.2, 0.25) is 0 Å². The van der Waals surface area contributed by atoms with Crippen molar-refractivity contribution in [1.82, 2.24) is 4.90 Å². The minimum atomic E-state index is 0.0682. The topological polar surface area (TPSA) is 53.3 Å².